The maximum atomic E-state index is 12.8. The summed E-state index contributed by atoms with van der Waals surface area (Å²) in [6.45, 7) is 2.68. The van der Waals surface area contributed by atoms with Gasteiger partial charge in [-0.1, -0.05) is 23.2 Å². The lowest BCUT2D eigenvalue weighted by molar-refractivity contribution is 0.0747. The summed E-state index contributed by atoms with van der Waals surface area (Å²) >= 11 is 13.4. The SMILES string of the molecule is COc1cc(OC)c2cnc(-c3ccc(N4CCN(C(=O)c5cc(Cl)sc5Cl)CC4)cc3)nc2c1. The van der Waals surface area contributed by atoms with Crippen molar-refractivity contribution in [3.05, 3.63) is 62.9 Å². The van der Waals surface area contributed by atoms with Gasteiger partial charge in [0.2, 0.25) is 0 Å². The molecule has 0 atom stereocenters. The van der Waals surface area contributed by atoms with Crippen LogP contribution in [0.3, 0.4) is 0 Å². The number of methoxy groups -OCH3 is 2. The zero-order chi connectivity index (χ0) is 24.5. The Balaban J connectivity index is 1.29. The molecule has 3 heterocycles. The number of carbonyl (C=O) groups is 1. The molecule has 35 heavy (non-hydrogen) atoms. The van der Waals surface area contributed by atoms with Crippen molar-refractivity contribution in [2.45, 2.75) is 0 Å². The topological polar surface area (TPSA) is 67.8 Å². The molecule has 10 heteroatoms. The molecule has 0 N–H and O–H groups in total. The van der Waals surface area contributed by atoms with Crippen molar-refractivity contribution < 1.29 is 14.3 Å². The second-order valence-electron chi connectivity index (χ2n) is 8.02. The molecule has 2 aromatic carbocycles. The molecule has 180 valence electrons. The number of amides is 1. The van der Waals surface area contributed by atoms with Gasteiger partial charge in [0.1, 0.15) is 15.8 Å². The van der Waals surface area contributed by atoms with Crippen LogP contribution in [0, 0.1) is 0 Å². The number of ether oxygens (including phenoxy) is 2. The molecule has 7 nitrogen and oxygen atoms in total. The highest BCUT2D eigenvalue weighted by Crippen LogP contribution is 2.33. The number of aromatic nitrogens is 2. The van der Waals surface area contributed by atoms with Crippen molar-refractivity contribution in [3.63, 3.8) is 0 Å². The highest BCUT2D eigenvalue weighted by molar-refractivity contribution is 7.20. The number of hydrogen-bond donors (Lipinski definition) is 0. The fourth-order valence-corrected chi connectivity index (χ4v) is 5.60. The lowest BCUT2D eigenvalue weighted by atomic mass is 10.1. The first-order valence-corrected chi connectivity index (χ1v) is 12.5. The predicted molar refractivity (Wildman–Crippen MR) is 141 cm³/mol. The van der Waals surface area contributed by atoms with Gasteiger partial charge in [-0.2, -0.15) is 0 Å². The average Bonchev–Trinajstić information content (AvgIpc) is 3.24. The molecule has 5 rings (SSSR count). The van der Waals surface area contributed by atoms with Crippen LogP contribution in [0.1, 0.15) is 10.4 Å². The number of piperazine rings is 1. The lowest BCUT2D eigenvalue weighted by Gasteiger charge is -2.36. The molecular formula is C25H22Cl2N4O3S. The molecule has 1 aliphatic rings. The first-order valence-electron chi connectivity index (χ1n) is 10.9. The van der Waals surface area contributed by atoms with Crippen LogP contribution in [0.15, 0.2) is 48.7 Å². The molecule has 2 aromatic heterocycles. The number of nitrogens with zero attached hydrogens (tertiary/aromatic N) is 4. The van der Waals surface area contributed by atoms with Gasteiger partial charge in [0.05, 0.1) is 35.0 Å². The van der Waals surface area contributed by atoms with Crippen LogP contribution in [-0.4, -0.2) is 61.2 Å². The van der Waals surface area contributed by atoms with Crippen molar-refractivity contribution in [2.24, 2.45) is 0 Å². The quantitative estimate of drug-likeness (QED) is 0.333. The van der Waals surface area contributed by atoms with E-state index >= 15 is 0 Å². The monoisotopic (exact) mass is 528 g/mol. The minimum Gasteiger partial charge on any atom is -0.497 e. The van der Waals surface area contributed by atoms with E-state index in [4.69, 9.17) is 37.7 Å². The third-order valence-electron chi connectivity index (χ3n) is 6.04. The normalized spacial score (nSPS) is 13.8. The van der Waals surface area contributed by atoms with E-state index < -0.39 is 0 Å². The summed E-state index contributed by atoms with van der Waals surface area (Å²) in [6, 6.07) is 13.5. The highest BCUT2D eigenvalue weighted by Gasteiger charge is 2.25. The molecule has 0 radical (unpaired) electrons. The van der Waals surface area contributed by atoms with Crippen LogP contribution in [0.25, 0.3) is 22.3 Å². The van der Waals surface area contributed by atoms with E-state index in [9.17, 15) is 4.79 Å². The van der Waals surface area contributed by atoms with Gasteiger partial charge in [-0.3, -0.25) is 4.79 Å². The Morgan fingerprint density at radius 1 is 1.00 bits per heavy atom. The number of halogens is 2. The number of fused-ring (bicyclic) bond motifs is 1. The molecule has 0 spiro atoms. The Labute approximate surface area is 216 Å². The van der Waals surface area contributed by atoms with Crippen molar-refractivity contribution in [3.8, 4) is 22.9 Å². The van der Waals surface area contributed by atoms with Crippen LogP contribution < -0.4 is 14.4 Å². The van der Waals surface area contributed by atoms with Gasteiger partial charge in [-0.25, -0.2) is 9.97 Å². The number of rotatable bonds is 5. The number of carbonyl (C=O) groups excluding carboxylic acids is 1. The van der Waals surface area contributed by atoms with Crippen molar-refractivity contribution in [1.29, 1.82) is 0 Å². The Hall–Kier alpha value is -3.07. The largest absolute Gasteiger partial charge is 0.497 e. The standard InChI is InChI=1S/C25H22Cl2N4O3S/c1-33-17-11-20-19(21(12-17)34-2)14-28-24(29-20)15-3-5-16(6-4-15)30-7-9-31(10-8-30)25(32)18-13-22(26)35-23(18)27/h3-6,11-14H,7-10H2,1-2H3. The smallest absolute Gasteiger partial charge is 0.256 e. The summed E-state index contributed by atoms with van der Waals surface area (Å²) in [5.41, 5.74) is 3.23. The molecular weight excluding hydrogens is 507 g/mol. The minimum atomic E-state index is -0.0742. The van der Waals surface area contributed by atoms with Crippen LogP contribution in [0.5, 0.6) is 11.5 Å². The number of thiophene rings is 1. The third kappa shape index (κ3) is 4.74. The molecule has 1 fully saturated rings. The predicted octanol–water partition coefficient (Wildman–Crippen LogP) is 5.64. The average molecular weight is 529 g/mol. The molecule has 0 aliphatic carbocycles. The fourth-order valence-electron chi connectivity index (χ4n) is 4.15. The van der Waals surface area contributed by atoms with E-state index in [0.29, 0.717) is 44.6 Å². The fraction of sp³-hybridized carbons (Fsp3) is 0.240. The summed E-state index contributed by atoms with van der Waals surface area (Å²) in [5.74, 6) is 1.90. The van der Waals surface area contributed by atoms with Gasteiger partial charge < -0.3 is 19.3 Å². The van der Waals surface area contributed by atoms with E-state index in [2.05, 4.69) is 22.0 Å². The first-order chi connectivity index (χ1) is 17.0. The second kappa shape index (κ2) is 9.89. The maximum Gasteiger partial charge on any atom is 0.256 e. The minimum absolute atomic E-state index is 0.0742. The van der Waals surface area contributed by atoms with Gasteiger partial charge in [0, 0.05) is 55.8 Å². The van der Waals surface area contributed by atoms with Gasteiger partial charge in [0.15, 0.2) is 5.82 Å². The summed E-state index contributed by atoms with van der Waals surface area (Å²) < 4.78 is 11.8. The molecule has 1 amide bonds. The highest BCUT2D eigenvalue weighted by atomic mass is 35.5. The van der Waals surface area contributed by atoms with Crippen LogP contribution in [0.4, 0.5) is 5.69 Å². The van der Waals surface area contributed by atoms with Crippen molar-refractivity contribution in [2.75, 3.05) is 45.3 Å². The number of benzene rings is 2. The molecule has 0 unspecified atom stereocenters. The summed E-state index contributed by atoms with van der Waals surface area (Å²) in [7, 11) is 3.23. The first kappa shape index (κ1) is 23.7. The Morgan fingerprint density at radius 2 is 1.74 bits per heavy atom. The van der Waals surface area contributed by atoms with E-state index in [0.717, 1.165) is 35.2 Å². The zero-order valence-electron chi connectivity index (χ0n) is 19.1. The Bertz CT molecular complexity index is 1390. The van der Waals surface area contributed by atoms with E-state index in [1.54, 1.807) is 26.5 Å². The van der Waals surface area contributed by atoms with Gasteiger partial charge in [0.25, 0.3) is 5.91 Å². The van der Waals surface area contributed by atoms with E-state index in [-0.39, 0.29) is 5.91 Å². The third-order valence-corrected chi connectivity index (χ3v) is 7.52. The van der Waals surface area contributed by atoms with Crippen LogP contribution in [0.2, 0.25) is 8.67 Å². The van der Waals surface area contributed by atoms with Crippen molar-refractivity contribution >= 4 is 57.0 Å². The van der Waals surface area contributed by atoms with Crippen molar-refractivity contribution in [1.82, 2.24) is 14.9 Å². The number of anilines is 1. The molecule has 0 bridgehead atoms. The summed E-state index contributed by atoms with van der Waals surface area (Å²) in [5, 5.41) is 0.826. The molecule has 4 aromatic rings. The second-order valence-corrected chi connectivity index (χ2v) is 10.3. The molecule has 1 aliphatic heterocycles. The van der Waals surface area contributed by atoms with Crippen LogP contribution >= 0.6 is 34.5 Å². The Kier molecular flexibility index (Phi) is 6.69. The summed E-state index contributed by atoms with van der Waals surface area (Å²) in [6.07, 6.45) is 1.77. The maximum absolute atomic E-state index is 12.8. The lowest BCUT2D eigenvalue weighted by Crippen LogP contribution is -2.48. The van der Waals surface area contributed by atoms with Gasteiger partial charge >= 0.3 is 0 Å². The van der Waals surface area contributed by atoms with Gasteiger partial charge in [-0.05, 0) is 30.3 Å². The van der Waals surface area contributed by atoms with Crippen LogP contribution in [-0.2, 0) is 0 Å². The molecule has 1 saturated heterocycles. The summed E-state index contributed by atoms with van der Waals surface area (Å²) in [4.78, 5) is 26.1. The Morgan fingerprint density at radius 3 is 2.37 bits per heavy atom. The molecule has 0 saturated carbocycles. The van der Waals surface area contributed by atoms with Gasteiger partial charge in [-0.15, -0.1) is 11.3 Å². The van der Waals surface area contributed by atoms with E-state index in [1.165, 1.54) is 11.3 Å². The zero-order valence-corrected chi connectivity index (χ0v) is 21.5. The number of hydrogen-bond acceptors (Lipinski definition) is 7. The van der Waals surface area contributed by atoms with E-state index in [1.807, 2.05) is 29.2 Å².